The van der Waals surface area contributed by atoms with Crippen LogP contribution in [0.25, 0.3) is 0 Å². The first-order chi connectivity index (χ1) is 11.8. The number of rotatable bonds is 5. The molecule has 0 amide bonds. The van der Waals surface area contributed by atoms with Gasteiger partial charge in [0.25, 0.3) is 0 Å². The summed E-state index contributed by atoms with van der Waals surface area (Å²) < 4.78 is 5.89. The zero-order chi connectivity index (χ0) is 16.8. The predicted molar refractivity (Wildman–Crippen MR) is 99.2 cm³/mol. The summed E-state index contributed by atoms with van der Waals surface area (Å²) in [4.78, 5) is 12.7. The molecule has 3 aromatic carbocycles. The van der Waals surface area contributed by atoms with Crippen LogP contribution in [0.3, 0.4) is 0 Å². The molecular formula is C21H17BrO2. The second-order valence-electron chi connectivity index (χ2n) is 5.40. The van der Waals surface area contributed by atoms with Gasteiger partial charge in [0, 0.05) is 5.33 Å². The maximum Gasteiger partial charge on any atom is 0.339 e. The van der Waals surface area contributed by atoms with Gasteiger partial charge in [0.05, 0.1) is 5.56 Å². The van der Waals surface area contributed by atoms with E-state index >= 15 is 0 Å². The first-order valence-corrected chi connectivity index (χ1v) is 8.86. The Morgan fingerprint density at radius 1 is 0.792 bits per heavy atom. The number of ether oxygens (including phenoxy) is 1. The Hall–Kier alpha value is -2.39. The van der Waals surface area contributed by atoms with Gasteiger partial charge in [0.15, 0.2) is 6.10 Å². The highest BCUT2D eigenvalue weighted by molar-refractivity contribution is 9.08. The number of carbonyl (C=O) groups is 1. The Morgan fingerprint density at radius 3 is 1.83 bits per heavy atom. The molecule has 0 saturated carbocycles. The third-order valence-corrected chi connectivity index (χ3v) is 4.41. The van der Waals surface area contributed by atoms with E-state index in [0.717, 1.165) is 16.7 Å². The standard InChI is InChI=1S/C21H17BrO2/c22-15-18-13-7-8-14-19(18)21(23)24-20(16-9-3-1-4-10-16)17-11-5-2-6-12-17/h1-14,20H,15H2. The summed E-state index contributed by atoms with van der Waals surface area (Å²) in [5.74, 6) is -0.317. The van der Waals surface area contributed by atoms with Crippen LogP contribution in [0.15, 0.2) is 84.9 Å². The van der Waals surface area contributed by atoms with Crippen molar-refractivity contribution in [3.05, 3.63) is 107 Å². The van der Waals surface area contributed by atoms with E-state index in [1.165, 1.54) is 0 Å². The van der Waals surface area contributed by atoms with E-state index in [1.807, 2.05) is 78.9 Å². The van der Waals surface area contributed by atoms with Crippen molar-refractivity contribution in [2.45, 2.75) is 11.4 Å². The molecule has 3 aromatic rings. The van der Waals surface area contributed by atoms with Gasteiger partial charge in [-0.25, -0.2) is 4.79 Å². The summed E-state index contributed by atoms with van der Waals surface area (Å²) in [5, 5.41) is 0.611. The molecule has 3 rings (SSSR count). The molecule has 0 radical (unpaired) electrons. The fraction of sp³-hybridized carbons (Fsp3) is 0.0952. The summed E-state index contributed by atoms with van der Waals surface area (Å²) in [6.07, 6.45) is -0.428. The van der Waals surface area contributed by atoms with Crippen molar-refractivity contribution in [3.63, 3.8) is 0 Å². The van der Waals surface area contributed by atoms with Crippen LogP contribution in [0, 0.1) is 0 Å². The lowest BCUT2D eigenvalue weighted by Gasteiger charge is -2.19. The van der Waals surface area contributed by atoms with Gasteiger partial charge < -0.3 is 4.74 Å². The van der Waals surface area contributed by atoms with Crippen molar-refractivity contribution in [1.29, 1.82) is 0 Å². The lowest BCUT2D eigenvalue weighted by molar-refractivity contribution is 0.0377. The topological polar surface area (TPSA) is 26.3 Å². The molecule has 24 heavy (non-hydrogen) atoms. The Labute approximate surface area is 150 Å². The molecule has 0 bridgehead atoms. The fourth-order valence-corrected chi connectivity index (χ4v) is 3.08. The van der Waals surface area contributed by atoms with Crippen molar-refractivity contribution in [2.75, 3.05) is 0 Å². The van der Waals surface area contributed by atoms with E-state index < -0.39 is 6.10 Å². The molecule has 0 aliphatic rings. The van der Waals surface area contributed by atoms with Crippen LogP contribution in [-0.2, 0) is 10.1 Å². The highest BCUT2D eigenvalue weighted by Gasteiger charge is 2.21. The molecule has 0 N–H and O–H groups in total. The van der Waals surface area contributed by atoms with E-state index in [2.05, 4.69) is 15.9 Å². The summed E-state index contributed by atoms with van der Waals surface area (Å²) >= 11 is 3.42. The van der Waals surface area contributed by atoms with Crippen molar-refractivity contribution >= 4 is 21.9 Å². The number of carbonyl (C=O) groups excluding carboxylic acids is 1. The van der Waals surface area contributed by atoms with Crippen LogP contribution in [0.2, 0.25) is 0 Å². The van der Waals surface area contributed by atoms with Crippen molar-refractivity contribution < 1.29 is 9.53 Å². The molecule has 0 aliphatic heterocycles. The third-order valence-electron chi connectivity index (χ3n) is 3.81. The first kappa shape index (κ1) is 16.5. The highest BCUT2D eigenvalue weighted by atomic mass is 79.9. The summed E-state index contributed by atoms with van der Waals surface area (Å²) in [7, 11) is 0. The number of benzene rings is 3. The van der Waals surface area contributed by atoms with E-state index in [9.17, 15) is 4.79 Å². The van der Waals surface area contributed by atoms with Crippen LogP contribution < -0.4 is 0 Å². The Bertz CT molecular complexity index is 761. The van der Waals surface area contributed by atoms with E-state index in [4.69, 9.17) is 4.74 Å². The molecule has 0 aliphatic carbocycles. The number of esters is 1. The molecule has 0 atom stereocenters. The lowest BCUT2D eigenvalue weighted by Crippen LogP contribution is -2.14. The number of alkyl halides is 1. The summed E-state index contributed by atoms with van der Waals surface area (Å²) in [6, 6.07) is 27.1. The average molecular weight is 381 g/mol. The lowest BCUT2D eigenvalue weighted by atomic mass is 10.0. The molecule has 0 unspecified atom stereocenters. The molecule has 0 heterocycles. The maximum atomic E-state index is 12.7. The molecule has 0 aromatic heterocycles. The minimum absolute atomic E-state index is 0.317. The molecule has 120 valence electrons. The largest absolute Gasteiger partial charge is 0.449 e. The van der Waals surface area contributed by atoms with Gasteiger partial charge in [-0.2, -0.15) is 0 Å². The van der Waals surface area contributed by atoms with Crippen LogP contribution in [0.4, 0.5) is 0 Å². The Morgan fingerprint density at radius 2 is 1.29 bits per heavy atom. The van der Waals surface area contributed by atoms with Crippen molar-refractivity contribution in [2.24, 2.45) is 0 Å². The number of halogens is 1. The minimum Gasteiger partial charge on any atom is -0.449 e. The zero-order valence-corrected chi connectivity index (χ0v) is 14.6. The van der Waals surface area contributed by atoms with Crippen LogP contribution in [-0.4, -0.2) is 5.97 Å². The summed E-state index contributed by atoms with van der Waals surface area (Å²) in [5.41, 5.74) is 3.41. The zero-order valence-electron chi connectivity index (χ0n) is 13.1. The second-order valence-corrected chi connectivity index (χ2v) is 5.96. The molecule has 3 heteroatoms. The van der Waals surface area contributed by atoms with Crippen molar-refractivity contribution in [1.82, 2.24) is 0 Å². The summed E-state index contributed by atoms with van der Waals surface area (Å²) in [6.45, 7) is 0. The van der Waals surface area contributed by atoms with Gasteiger partial charge in [-0.1, -0.05) is 94.8 Å². The highest BCUT2D eigenvalue weighted by Crippen LogP contribution is 2.27. The first-order valence-electron chi connectivity index (χ1n) is 7.74. The van der Waals surface area contributed by atoms with Gasteiger partial charge >= 0.3 is 5.97 Å². The maximum absolute atomic E-state index is 12.7. The Balaban J connectivity index is 1.94. The van der Waals surface area contributed by atoms with E-state index in [-0.39, 0.29) is 5.97 Å². The van der Waals surface area contributed by atoms with E-state index in [0.29, 0.717) is 10.9 Å². The molecular weight excluding hydrogens is 364 g/mol. The van der Waals surface area contributed by atoms with Crippen molar-refractivity contribution in [3.8, 4) is 0 Å². The minimum atomic E-state index is -0.428. The van der Waals surface area contributed by atoms with Crippen LogP contribution in [0.1, 0.15) is 33.2 Å². The molecule has 0 fully saturated rings. The predicted octanol–water partition coefficient (Wildman–Crippen LogP) is 5.53. The normalized spacial score (nSPS) is 10.6. The monoisotopic (exact) mass is 380 g/mol. The van der Waals surface area contributed by atoms with E-state index in [1.54, 1.807) is 6.07 Å². The fourth-order valence-electron chi connectivity index (χ4n) is 2.59. The van der Waals surface area contributed by atoms with Gasteiger partial charge in [-0.15, -0.1) is 0 Å². The SMILES string of the molecule is O=C(OC(c1ccccc1)c1ccccc1)c1ccccc1CBr. The number of hydrogen-bond donors (Lipinski definition) is 0. The number of hydrogen-bond acceptors (Lipinski definition) is 2. The average Bonchev–Trinajstić information content (AvgIpc) is 2.67. The smallest absolute Gasteiger partial charge is 0.339 e. The molecule has 0 spiro atoms. The third kappa shape index (κ3) is 3.74. The van der Waals surface area contributed by atoms with Crippen LogP contribution >= 0.6 is 15.9 Å². The van der Waals surface area contributed by atoms with Gasteiger partial charge in [0.1, 0.15) is 0 Å². The Kier molecular flexibility index (Phi) is 5.44. The van der Waals surface area contributed by atoms with Gasteiger partial charge in [-0.05, 0) is 22.8 Å². The second kappa shape index (κ2) is 7.93. The molecule has 0 saturated heterocycles. The quantitative estimate of drug-likeness (QED) is 0.429. The molecule has 2 nitrogen and oxygen atoms in total. The van der Waals surface area contributed by atoms with Gasteiger partial charge in [0.2, 0.25) is 0 Å². The van der Waals surface area contributed by atoms with Crippen LogP contribution in [0.5, 0.6) is 0 Å². The van der Waals surface area contributed by atoms with Gasteiger partial charge in [-0.3, -0.25) is 0 Å².